The number of H-pyrrole nitrogens is 1. The number of nitrogens with two attached hydrogens (primary N) is 1. The third-order valence-electron chi connectivity index (χ3n) is 2.86. The summed E-state index contributed by atoms with van der Waals surface area (Å²) < 4.78 is 0. The van der Waals surface area contributed by atoms with Crippen LogP contribution in [-0.4, -0.2) is 22.8 Å². The summed E-state index contributed by atoms with van der Waals surface area (Å²) in [6.07, 6.45) is 3.61. The molecule has 4 N–H and O–H groups in total. The van der Waals surface area contributed by atoms with Crippen LogP contribution in [0.4, 0.5) is 0 Å². The van der Waals surface area contributed by atoms with E-state index in [1.807, 2.05) is 0 Å². The van der Waals surface area contributed by atoms with Crippen LogP contribution in [-0.2, 0) is 19.4 Å². The molecule has 1 heterocycles. The summed E-state index contributed by atoms with van der Waals surface area (Å²) in [5.41, 5.74) is 9.48. The van der Waals surface area contributed by atoms with Crippen LogP contribution < -0.4 is 11.1 Å². The van der Waals surface area contributed by atoms with Crippen LogP contribution in [0.2, 0.25) is 0 Å². The Balaban J connectivity index is 1.96. The summed E-state index contributed by atoms with van der Waals surface area (Å²) in [4.78, 5) is 0. The van der Waals surface area contributed by atoms with Crippen molar-refractivity contribution < 1.29 is 0 Å². The first-order chi connectivity index (χ1) is 6.81. The lowest BCUT2D eigenvalue weighted by Crippen LogP contribution is -2.32. The minimum Gasteiger partial charge on any atom is -0.329 e. The van der Waals surface area contributed by atoms with Gasteiger partial charge in [0, 0.05) is 24.8 Å². The van der Waals surface area contributed by atoms with Gasteiger partial charge in [-0.3, -0.25) is 5.10 Å². The maximum absolute atomic E-state index is 5.53. The van der Waals surface area contributed by atoms with Crippen molar-refractivity contribution in [1.82, 2.24) is 15.5 Å². The van der Waals surface area contributed by atoms with Gasteiger partial charge >= 0.3 is 0 Å². The van der Waals surface area contributed by atoms with Crippen LogP contribution in [0.5, 0.6) is 0 Å². The molecule has 1 atom stereocenters. The molecule has 0 spiro atoms. The highest BCUT2D eigenvalue weighted by Gasteiger charge is 2.17. The number of nitrogens with zero attached hydrogens (tertiary/aromatic N) is 1. The Kier molecular flexibility index (Phi) is 2.84. The van der Waals surface area contributed by atoms with Gasteiger partial charge in [-0.15, -0.1) is 0 Å². The molecule has 0 fully saturated rings. The molecule has 4 heteroatoms. The Morgan fingerprint density at radius 3 is 3.21 bits per heavy atom. The van der Waals surface area contributed by atoms with E-state index in [1.165, 1.54) is 29.8 Å². The number of aryl methyl sites for hydroxylation is 1. The molecule has 0 saturated heterocycles. The first-order valence-corrected chi connectivity index (χ1v) is 5.29. The maximum Gasteiger partial charge on any atom is 0.0794 e. The summed E-state index contributed by atoms with van der Waals surface area (Å²) in [5.74, 6) is 0. The number of nitrogens with one attached hydrogen (secondary N) is 2. The number of aromatic nitrogens is 2. The van der Waals surface area contributed by atoms with Crippen LogP contribution in [0.15, 0.2) is 0 Å². The minimum atomic E-state index is 0.365. The standard InChI is InChI=1S/C10H18N4/c1-7(5-11)12-6-10-8-3-2-4-9(8)13-14-10/h7,12H,2-6,11H2,1H3,(H,13,14). The van der Waals surface area contributed by atoms with Gasteiger partial charge in [-0.05, 0) is 31.7 Å². The van der Waals surface area contributed by atoms with Crippen molar-refractivity contribution in [1.29, 1.82) is 0 Å². The van der Waals surface area contributed by atoms with E-state index in [0.717, 1.165) is 13.0 Å². The quantitative estimate of drug-likeness (QED) is 0.647. The molecule has 1 aliphatic rings. The summed E-state index contributed by atoms with van der Waals surface area (Å²) in [6.45, 7) is 3.60. The van der Waals surface area contributed by atoms with Crippen LogP contribution in [0.25, 0.3) is 0 Å². The number of aromatic amines is 1. The third-order valence-corrected chi connectivity index (χ3v) is 2.86. The van der Waals surface area contributed by atoms with E-state index in [0.29, 0.717) is 12.6 Å². The second-order valence-corrected chi connectivity index (χ2v) is 4.00. The lowest BCUT2D eigenvalue weighted by atomic mass is 10.2. The summed E-state index contributed by atoms with van der Waals surface area (Å²) in [6, 6.07) is 0.365. The smallest absolute Gasteiger partial charge is 0.0794 e. The molecular weight excluding hydrogens is 176 g/mol. The molecule has 1 unspecified atom stereocenters. The molecule has 2 rings (SSSR count). The topological polar surface area (TPSA) is 66.7 Å². The van der Waals surface area contributed by atoms with E-state index in [4.69, 9.17) is 5.73 Å². The van der Waals surface area contributed by atoms with Crippen LogP contribution in [0, 0.1) is 0 Å². The fraction of sp³-hybridized carbons (Fsp3) is 0.700. The van der Waals surface area contributed by atoms with Crippen LogP contribution >= 0.6 is 0 Å². The average Bonchev–Trinajstić information content (AvgIpc) is 2.76. The molecule has 78 valence electrons. The molecule has 1 aliphatic carbocycles. The van der Waals surface area contributed by atoms with Crippen molar-refractivity contribution in [3.8, 4) is 0 Å². The Labute approximate surface area is 84.3 Å². The highest BCUT2D eigenvalue weighted by atomic mass is 15.1. The molecule has 4 nitrogen and oxygen atoms in total. The van der Waals surface area contributed by atoms with Gasteiger partial charge in [-0.1, -0.05) is 0 Å². The van der Waals surface area contributed by atoms with Gasteiger partial charge < -0.3 is 11.1 Å². The predicted molar refractivity (Wildman–Crippen MR) is 56.0 cm³/mol. The van der Waals surface area contributed by atoms with Gasteiger partial charge in [0.15, 0.2) is 0 Å². The molecule has 14 heavy (non-hydrogen) atoms. The van der Waals surface area contributed by atoms with Crippen molar-refractivity contribution in [3.05, 3.63) is 17.0 Å². The molecule has 0 aliphatic heterocycles. The third kappa shape index (κ3) is 1.81. The highest BCUT2D eigenvalue weighted by molar-refractivity contribution is 5.29. The SMILES string of the molecule is CC(CN)NCc1n[nH]c2c1CCC2. The van der Waals surface area contributed by atoms with E-state index >= 15 is 0 Å². The van der Waals surface area contributed by atoms with Crippen molar-refractivity contribution in [3.63, 3.8) is 0 Å². The lowest BCUT2D eigenvalue weighted by Gasteiger charge is -2.09. The molecule has 0 aromatic carbocycles. The van der Waals surface area contributed by atoms with Gasteiger partial charge in [0.1, 0.15) is 0 Å². The number of rotatable bonds is 4. The molecule has 0 radical (unpaired) electrons. The second-order valence-electron chi connectivity index (χ2n) is 4.00. The predicted octanol–water partition coefficient (Wildman–Crippen LogP) is 0.335. The van der Waals surface area contributed by atoms with Crippen LogP contribution in [0.1, 0.15) is 30.3 Å². The van der Waals surface area contributed by atoms with E-state index < -0.39 is 0 Å². The van der Waals surface area contributed by atoms with Gasteiger partial charge in [-0.25, -0.2) is 0 Å². The maximum atomic E-state index is 5.53. The highest BCUT2D eigenvalue weighted by Crippen LogP contribution is 2.22. The van der Waals surface area contributed by atoms with Crippen molar-refractivity contribution in [2.45, 2.75) is 38.8 Å². The van der Waals surface area contributed by atoms with E-state index in [1.54, 1.807) is 0 Å². The Hall–Kier alpha value is -0.870. The van der Waals surface area contributed by atoms with E-state index in [2.05, 4.69) is 22.4 Å². The Morgan fingerprint density at radius 2 is 2.43 bits per heavy atom. The summed E-state index contributed by atoms with van der Waals surface area (Å²) >= 11 is 0. The average molecular weight is 194 g/mol. The zero-order chi connectivity index (χ0) is 9.97. The first-order valence-electron chi connectivity index (χ1n) is 5.29. The largest absolute Gasteiger partial charge is 0.329 e. The Bertz CT molecular complexity index is 305. The van der Waals surface area contributed by atoms with Crippen molar-refractivity contribution in [2.75, 3.05) is 6.54 Å². The summed E-state index contributed by atoms with van der Waals surface area (Å²) in [7, 11) is 0. The lowest BCUT2D eigenvalue weighted by molar-refractivity contribution is 0.548. The Morgan fingerprint density at radius 1 is 1.57 bits per heavy atom. The van der Waals surface area contributed by atoms with Crippen LogP contribution in [0.3, 0.4) is 0 Å². The van der Waals surface area contributed by atoms with Crippen molar-refractivity contribution >= 4 is 0 Å². The molecule has 0 bridgehead atoms. The van der Waals surface area contributed by atoms with E-state index in [-0.39, 0.29) is 0 Å². The number of hydrogen-bond donors (Lipinski definition) is 3. The fourth-order valence-electron chi connectivity index (χ4n) is 1.89. The molecular formula is C10H18N4. The summed E-state index contributed by atoms with van der Waals surface area (Å²) in [5, 5.41) is 10.8. The van der Waals surface area contributed by atoms with E-state index in [9.17, 15) is 0 Å². The fourth-order valence-corrected chi connectivity index (χ4v) is 1.89. The monoisotopic (exact) mass is 194 g/mol. The zero-order valence-electron chi connectivity index (χ0n) is 8.64. The normalized spacial score (nSPS) is 17.0. The zero-order valence-corrected chi connectivity index (χ0v) is 8.64. The second kappa shape index (κ2) is 4.11. The van der Waals surface area contributed by atoms with Gasteiger partial charge in [-0.2, -0.15) is 5.10 Å². The number of fused-ring (bicyclic) bond motifs is 1. The van der Waals surface area contributed by atoms with Gasteiger partial charge in [0.2, 0.25) is 0 Å². The number of hydrogen-bond acceptors (Lipinski definition) is 3. The first kappa shape index (κ1) is 9.68. The minimum absolute atomic E-state index is 0.365. The van der Waals surface area contributed by atoms with Gasteiger partial charge in [0.05, 0.1) is 5.69 Å². The van der Waals surface area contributed by atoms with Gasteiger partial charge in [0.25, 0.3) is 0 Å². The molecule has 1 aromatic heterocycles. The molecule has 1 aromatic rings. The molecule has 0 saturated carbocycles. The van der Waals surface area contributed by atoms with Crippen molar-refractivity contribution in [2.24, 2.45) is 5.73 Å². The molecule has 0 amide bonds.